The van der Waals surface area contributed by atoms with Crippen LogP contribution < -0.4 is 0 Å². The number of esters is 1. The molecule has 4 heteroatoms. The first kappa shape index (κ1) is 11.6. The lowest BCUT2D eigenvalue weighted by Crippen LogP contribution is -2.23. The highest BCUT2D eigenvalue weighted by atomic mass is 16.5. The van der Waals surface area contributed by atoms with E-state index < -0.39 is 11.9 Å². The first-order valence-corrected chi connectivity index (χ1v) is 5.45. The van der Waals surface area contributed by atoms with Crippen molar-refractivity contribution < 1.29 is 19.4 Å². The van der Waals surface area contributed by atoms with E-state index in [1.165, 1.54) is 7.11 Å². The Morgan fingerprint density at radius 1 is 1.06 bits per heavy atom. The van der Waals surface area contributed by atoms with Gasteiger partial charge in [-0.15, -0.1) is 0 Å². The average molecular weight is 234 g/mol. The van der Waals surface area contributed by atoms with Gasteiger partial charge in [0.1, 0.15) is 0 Å². The number of rotatable bonds is 2. The molecule has 1 aromatic carbocycles. The van der Waals surface area contributed by atoms with E-state index >= 15 is 0 Å². The molecule has 2 rings (SSSR count). The number of carboxylic acid groups (broad SMARTS) is 1. The van der Waals surface area contributed by atoms with Crippen molar-refractivity contribution in [3.8, 4) is 0 Å². The summed E-state index contributed by atoms with van der Waals surface area (Å²) in [5.74, 6) is -1.62. The SMILES string of the molecule is COC(=O)c1c(C)c(C)c2c(c1C(=O)O)CC2. The van der Waals surface area contributed by atoms with E-state index in [9.17, 15) is 14.7 Å². The Labute approximate surface area is 99.2 Å². The number of methoxy groups -OCH3 is 1. The van der Waals surface area contributed by atoms with Gasteiger partial charge in [-0.05, 0) is 48.9 Å². The van der Waals surface area contributed by atoms with E-state index in [4.69, 9.17) is 0 Å². The van der Waals surface area contributed by atoms with Crippen molar-refractivity contribution in [3.63, 3.8) is 0 Å². The molecule has 0 radical (unpaired) electrons. The van der Waals surface area contributed by atoms with Crippen molar-refractivity contribution in [3.05, 3.63) is 33.4 Å². The van der Waals surface area contributed by atoms with E-state index in [1.807, 2.05) is 6.92 Å². The molecule has 1 aliphatic rings. The molecule has 0 amide bonds. The molecule has 0 aliphatic heterocycles. The van der Waals surface area contributed by atoms with Crippen LogP contribution in [0.1, 0.15) is 43.0 Å². The normalized spacial score (nSPS) is 12.6. The molecule has 0 bridgehead atoms. The largest absolute Gasteiger partial charge is 0.478 e. The zero-order valence-corrected chi connectivity index (χ0v) is 10.1. The molecule has 0 saturated carbocycles. The number of carbonyl (C=O) groups is 2. The smallest absolute Gasteiger partial charge is 0.339 e. The minimum atomic E-state index is -1.05. The molecular formula is C13H14O4. The lowest BCUT2D eigenvalue weighted by atomic mass is 9.77. The van der Waals surface area contributed by atoms with Crippen LogP contribution >= 0.6 is 0 Å². The van der Waals surface area contributed by atoms with Crippen molar-refractivity contribution in [2.24, 2.45) is 0 Å². The third kappa shape index (κ3) is 1.52. The Bertz CT molecular complexity index is 529. The summed E-state index contributed by atoms with van der Waals surface area (Å²) in [6.07, 6.45) is 1.62. The molecule has 4 nitrogen and oxygen atoms in total. The Kier molecular flexibility index (Phi) is 2.65. The molecule has 1 aromatic rings. The van der Waals surface area contributed by atoms with Gasteiger partial charge in [0.2, 0.25) is 0 Å². The molecule has 90 valence electrons. The minimum absolute atomic E-state index is 0.126. The van der Waals surface area contributed by atoms with Crippen LogP contribution in [0.4, 0.5) is 0 Å². The van der Waals surface area contributed by atoms with Crippen LogP contribution in [0.2, 0.25) is 0 Å². The standard InChI is InChI=1S/C13H14O4/c1-6-7(2)10(13(16)17-3)11(12(14)15)9-5-4-8(6)9/h4-5H2,1-3H3,(H,14,15). The van der Waals surface area contributed by atoms with Crippen LogP contribution in [-0.2, 0) is 17.6 Å². The van der Waals surface area contributed by atoms with E-state index in [1.54, 1.807) is 6.92 Å². The zero-order chi connectivity index (χ0) is 12.7. The van der Waals surface area contributed by atoms with Gasteiger partial charge in [0.15, 0.2) is 0 Å². The van der Waals surface area contributed by atoms with Gasteiger partial charge >= 0.3 is 11.9 Å². The van der Waals surface area contributed by atoms with E-state index in [0.717, 1.165) is 29.5 Å². The predicted octanol–water partition coefficient (Wildman–Crippen LogP) is 1.89. The van der Waals surface area contributed by atoms with Gasteiger partial charge in [-0.3, -0.25) is 0 Å². The maximum absolute atomic E-state index is 11.7. The fourth-order valence-electron chi connectivity index (χ4n) is 2.41. The van der Waals surface area contributed by atoms with Gasteiger partial charge in [-0.25, -0.2) is 9.59 Å². The zero-order valence-electron chi connectivity index (χ0n) is 10.1. The second kappa shape index (κ2) is 3.87. The van der Waals surface area contributed by atoms with Crippen molar-refractivity contribution in [1.29, 1.82) is 0 Å². The molecular weight excluding hydrogens is 220 g/mol. The molecule has 0 aromatic heterocycles. The molecule has 17 heavy (non-hydrogen) atoms. The summed E-state index contributed by atoms with van der Waals surface area (Å²) < 4.78 is 4.68. The number of hydrogen-bond donors (Lipinski definition) is 1. The van der Waals surface area contributed by atoms with Gasteiger partial charge in [0.25, 0.3) is 0 Å². The van der Waals surface area contributed by atoms with Crippen LogP contribution in [0.15, 0.2) is 0 Å². The average Bonchev–Trinajstić information content (AvgIpc) is 2.23. The van der Waals surface area contributed by atoms with Gasteiger partial charge in [0, 0.05) is 0 Å². The van der Waals surface area contributed by atoms with Crippen LogP contribution in [0.25, 0.3) is 0 Å². The third-order valence-corrected chi connectivity index (χ3v) is 3.53. The number of fused-ring (bicyclic) bond motifs is 1. The minimum Gasteiger partial charge on any atom is -0.478 e. The van der Waals surface area contributed by atoms with Crippen molar-refractivity contribution >= 4 is 11.9 Å². The van der Waals surface area contributed by atoms with E-state index in [2.05, 4.69) is 4.74 Å². The first-order chi connectivity index (χ1) is 7.99. The summed E-state index contributed by atoms with van der Waals surface area (Å²) in [6.45, 7) is 3.69. The Balaban J connectivity index is 2.80. The molecule has 0 saturated heterocycles. The second-order valence-corrected chi connectivity index (χ2v) is 4.25. The number of carboxylic acids is 1. The second-order valence-electron chi connectivity index (χ2n) is 4.25. The van der Waals surface area contributed by atoms with Gasteiger partial charge < -0.3 is 9.84 Å². The Morgan fingerprint density at radius 2 is 1.65 bits per heavy atom. The highest BCUT2D eigenvalue weighted by Gasteiger charge is 2.31. The molecule has 0 atom stereocenters. The van der Waals surface area contributed by atoms with Gasteiger partial charge in [-0.2, -0.15) is 0 Å². The lowest BCUT2D eigenvalue weighted by molar-refractivity contribution is 0.0580. The summed E-state index contributed by atoms with van der Waals surface area (Å²) in [4.78, 5) is 23.0. The highest BCUT2D eigenvalue weighted by Crippen LogP contribution is 2.35. The highest BCUT2D eigenvalue weighted by molar-refractivity contribution is 6.05. The molecule has 1 aliphatic carbocycles. The van der Waals surface area contributed by atoms with Crippen molar-refractivity contribution in [1.82, 2.24) is 0 Å². The van der Waals surface area contributed by atoms with Crippen molar-refractivity contribution in [2.45, 2.75) is 26.7 Å². The van der Waals surface area contributed by atoms with Crippen molar-refractivity contribution in [2.75, 3.05) is 7.11 Å². The first-order valence-electron chi connectivity index (χ1n) is 5.45. The topological polar surface area (TPSA) is 63.6 Å². The van der Waals surface area contributed by atoms with Crippen LogP contribution in [0, 0.1) is 13.8 Å². The Morgan fingerprint density at radius 3 is 2.06 bits per heavy atom. The predicted molar refractivity (Wildman–Crippen MR) is 61.6 cm³/mol. The number of carbonyl (C=O) groups excluding carboxylic acids is 1. The number of aromatic carboxylic acids is 1. The number of benzene rings is 1. The molecule has 0 unspecified atom stereocenters. The van der Waals surface area contributed by atoms with Crippen LogP contribution in [0.3, 0.4) is 0 Å². The summed E-state index contributed by atoms with van der Waals surface area (Å²) in [6, 6.07) is 0. The molecule has 0 heterocycles. The molecule has 1 N–H and O–H groups in total. The number of hydrogen-bond acceptors (Lipinski definition) is 3. The Hall–Kier alpha value is -1.84. The van der Waals surface area contributed by atoms with E-state index in [0.29, 0.717) is 5.56 Å². The lowest BCUT2D eigenvalue weighted by Gasteiger charge is -2.27. The van der Waals surface area contributed by atoms with Crippen LogP contribution in [0.5, 0.6) is 0 Å². The summed E-state index contributed by atoms with van der Waals surface area (Å²) >= 11 is 0. The van der Waals surface area contributed by atoms with E-state index in [-0.39, 0.29) is 11.1 Å². The third-order valence-electron chi connectivity index (χ3n) is 3.53. The molecule has 0 spiro atoms. The fraction of sp³-hybridized carbons (Fsp3) is 0.385. The summed E-state index contributed by atoms with van der Waals surface area (Å²) in [7, 11) is 1.27. The quantitative estimate of drug-likeness (QED) is 0.793. The monoisotopic (exact) mass is 234 g/mol. The van der Waals surface area contributed by atoms with Gasteiger partial charge in [0.05, 0.1) is 18.2 Å². The number of ether oxygens (including phenoxy) is 1. The van der Waals surface area contributed by atoms with Gasteiger partial charge in [-0.1, -0.05) is 0 Å². The maximum Gasteiger partial charge on any atom is 0.339 e. The maximum atomic E-state index is 11.7. The fourth-order valence-corrected chi connectivity index (χ4v) is 2.41. The molecule has 0 fully saturated rings. The summed E-state index contributed by atoms with van der Waals surface area (Å²) in [5.41, 5.74) is 3.93. The summed E-state index contributed by atoms with van der Waals surface area (Å²) in [5, 5.41) is 9.26. The van der Waals surface area contributed by atoms with Crippen LogP contribution in [-0.4, -0.2) is 24.2 Å².